The number of aromatic nitrogens is 4. The minimum atomic E-state index is -0.250. The molecule has 0 fully saturated rings. The summed E-state index contributed by atoms with van der Waals surface area (Å²) in [5, 5.41) is 6.47. The number of aryl methyl sites for hydroxylation is 2. The Bertz CT molecular complexity index is 1670. The largest absolute Gasteiger partial charge is 0.457 e. The number of carbonyl (C=O) groups is 2. The van der Waals surface area contributed by atoms with E-state index in [1.807, 2.05) is 13.8 Å². The molecule has 2 amide bonds. The Hall–Kier alpha value is -4.36. The number of amides is 2. The summed E-state index contributed by atoms with van der Waals surface area (Å²) in [5.74, 6) is 0.744. The molecule has 2 aromatic carbocycles. The van der Waals surface area contributed by atoms with Gasteiger partial charge in [-0.15, -0.1) is 0 Å². The smallest absolute Gasteiger partial charge is 0.251 e. The number of H-pyrrole nitrogens is 2. The van der Waals surface area contributed by atoms with Gasteiger partial charge in [0, 0.05) is 41.0 Å². The Labute approximate surface area is 256 Å². The molecule has 0 unspecified atom stereocenters. The van der Waals surface area contributed by atoms with Gasteiger partial charge in [0.15, 0.2) is 10.3 Å². The quantitative estimate of drug-likeness (QED) is 0.112. The van der Waals surface area contributed by atoms with Gasteiger partial charge in [-0.2, -0.15) is 0 Å². The Balaban J connectivity index is 1.26. The molecule has 4 N–H and O–H groups in total. The summed E-state index contributed by atoms with van der Waals surface area (Å²) in [6.07, 6.45) is 3.15. The van der Waals surface area contributed by atoms with E-state index in [-0.39, 0.29) is 34.4 Å². The van der Waals surface area contributed by atoms with Crippen LogP contribution < -0.4 is 26.5 Å². The van der Waals surface area contributed by atoms with Gasteiger partial charge in [0.25, 0.3) is 11.1 Å². The third-order valence-corrected chi connectivity index (χ3v) is 7.48. The zero-order chi connectivity index (χ0) is 30.6. The molecule has 0 atom stereocenters. The fourth-order valence-electron chi connectivity index (χ4n) is 3.91. The van der Waals surface area contributed by atoms with Gasteiger partial charge < -0.3 is 25.3 Å². The highest BCUT2D eigenvalue weighted by Gasteiger charge is 2.10. The molecule has 11 nitrogen and oxygen atoms in total. The highest BCUT2D eigenvalue weighted by molar-refractivity contribution is 8.00. The second-order valence-electron chi connectivity index (χ2n) is 9.41. The van der Waals surface area contributed by atoms with E-state index in [1.165, 1.54) is 12.1 Å². The first-order chi connectivity index (χ1) is 20.8. The molecule has 0 bridgehead atoms. The van der Waals surface area contributed by atoms with Crippen LogP contribution in [0, 0.1) is 0 Å². The van der Waals surface area contributed by atoms with Gasteiger partial charge in [-0.1, -0.05) is 56.3 Å². The summed E-state index contributed by atoms with van der Waals surface area (Å²) in [6.45, 7) is 4.02. The molecule has 43 heavy (non-hydrogen) atoms. The van der Waals surface area contributed by atoms with Crippen molar-refractivity contribution in [2.75, 3.05) is 22.1 Å². The van der Waals surface area contributed by atoms with Gasteiger partial charge in [-0.05, 0) is 49.2 Å². The molecule has 0 spiro atoms. The average molecular weight is 621 g/mol. The van der Waals surface area contributed by atoms with Crippen molar-refractivity contribution in [2.45, 2.75) is 49.8 Å². The Morgan fingerprint density at radius 3 is 1.79 bits per heavy atom. The number of benzene rings is 2. The number of nitrogens with one attached hydrogen (secondary N) is 4. The van der Waals surface area contributed by atoms with Gasteiger partial charge in [0.2, 0.25) is 11.8 Å². The van der Waals surface area contributed by atoms with Gasteiger partial charge >= 0.3 is 0 Å². The number of anilines is 2. The van der Waals surface area contributed by atoms with Crippen molar-refractivity contribution in [3.8, 4) is 11.5 Å². The second-order valence-corrected chi connectivity index (χ2v) is 11.3. The van der Waals surface area contributed by atoms with E-state index in [1.54, 1.807) is 48.5 Å². The van der Waals surface area contributed by atoms with Gasteiger partial charge in [0.1, 0.15) is 11.5 Å². The SMILES string of the molecule is CCCc1cc(=O)[nH]c(SCC(=O)Nc2ccc(Oc3cccc(NC(=O)CSc4nc(CCC)cc(=O)[nH]4)c3)cc2)n1. The third-order valence-electron chi connectivity index (χ3n) is 5.73. The van der Waals surface area contributed by atoms with Crippen molar-refractivity contribution in [3.63, 3.8) is 0 Å². The topological polar surface area (TPSA) is 159 Å². The summed E-state index contributed by atoms with van der Waals surface area (Å²) in [6, 6.07) is 16.8. The van der Waals surface area contributed by atoms with Crippen molar-refractivity contribution < 1.29 is 14.3 Å². The van der Waals surface area contributed by atoms with Crippen LogP contribution in [0.4, 0.5) is 11.4 Å². The lowest BCUT2D eigenvalue weighted by atomic mass is 10.2. The monoisotopic (exact) mass is 620 g/mol. The molecule has 0 aliphatic carbocycles. The number of rotatable bonds is 14. The van der Waals surface area contributed by atoms with Crippen molar-refractivity contribution in [1.29, 1.82) is 0 Å². The van der Waals surface area contributed by atoms with Crippen molar-refractivity contribution >= 4 is 46.7 Å². The molecule has 2 aromatic heterocycles. The lowest BCUT2D eigenvalue weighted by Crippen LogP contribution is -2.16. The zero-order valence-electron chi connectivity index (χ0n) is 23.8. The van der Waals surface area contributed by atoms with Crippen LogP contribution in [-0.2, 0) is 22.4 Å². The molecular weight excluding hydrogens is 589 g/mol. The zero-order valence-corrected chi connectivity index (χ0v) is 25.4. The molecule has 4 aromatic rings. The van der Waals surface area contributed by atoms with Crippen LogP contribution in [-0.4, -0.2) is 43.3 Å². The Kier molecular flexibility index (Phi) is 11.6. The van der Waals surface area contributed by atoms with E-state index in [4.69, 9.17) is 4.74 Å². The van der Waals surface area contributed by atoms with Gasteiger partial charge in [-0.25, -0.2) is 9.97 Å². The maximum absolute atomic E-state index is 12.5. The van der Waals surface area contributed by atoms with Crippen molar-refractivity contribution in [1.82, 2.24) is 19.9 Å². The van der Waals surface area contributed by atoms with Crippen LogP contribution in [0.15, 0.2) is 80.6 Å². The molecule has 2 heterocycles. The van der Waals surface area contributed by atoms with Crippen molar-refractivity contribution in [3.05, 3.63) is 92.8 Å². The highest BCUT2D eigenvalue weighted by Crippen LogP contribution is 2.26. The maximum Gasteiger partial charge on any atom is 0.251 e. The molecule has 224 valence electrons. The summed E-state index contributed by atoms with van der Waals surface area (Å²) in [5.41, 5.74) is 2.09. The minimum absolute atomic E-state index is 0.0784. The molecule has 13 heteroatoms. The summed E-state index contributed by atoms with van der Waals surface area (Å²) in [4.78, 5) is 62.7. The molecule has 0 saturated heterocycles. The Morgan fingerprint density at radius 1 is 0.721 bits per heavy atom. The molecular formula is C30H32N6O5S2. The van der Waals surface area contributed by atoms with E-state index in [9.17, 15) is 19.2 Å². The van der Waals surface area contributed by atoms with E-state index < -0.39 is 0 Å². The highest BCUT2D eigenvalue weighted by atomic mass is 32.2. The van der Waals surface area contributed by atoms with Crippen LogP contribution in [0.1, 0.15) is 38.1 Å². The van der Waals surface area contributed by atoms with Crippen LogP contribution in [0.25, 0.3) is 0 Å². The molecule has 0 aliphatic rings. The third kappa shape index (κ3) is 10.5. The lowest BCUT2D eigenvalue weighted by Gasteiger charge is -2.10. The van der Waals surface area contributed by atoms with E-state index >= 15 is 0 Å². The predicted molar refractivity (Wildman–Crippen MR) is 169 cm³/mol. The summed E-state index contributed by atoms with van der Waals surface area (Å²) >= 11 is 2.33. The number of nitrogens with zero attached hydrogens (tertiary/aromatic N) is 2. The standard InChI is InChI=1S/C30H32N6O5S2/c1-3-6-20-15-25(37)35-29(33-20)42-17-27(39)31-19-10-12-23(13-11-19)41-24-9-5-8-22(14-24)32-28(40)18-43-30-34-21(7-4-2)16-26(38)36-30/h5,8-16H,3-4,6-7,17-18H2,1-2H3,(H,31,39)(H,32,40)(H,33,35,37)(H,34,36,38). The molecule has 0 radical (unpaired) electrons. The first kappa shape index (κ1) is 31.6. The van der Waals surface area contributed by atoms with E-state index in [0.717, 1.165) is 36.4 Å². The fourth-order valence-corrected chi connectivity index (χ4v) is 5.30. The molecule has 0 aliphatic heterocycles. The summed E-state index contributed by atoms with van der Waals surface area (Å²) < 4.78 is 5.92. The first-order valence-electron chi connectivity index (χ1n) is 13.7. The van der Waals surface area contributed by atoms with Crippen LogP contribution in [0.2, 0.25) is 0 Å². The van der Waals surface area contributed by atoms with Crippen LogP contribution in [0.5, 0.6) is 11.5 Å². The first-order valence-corrected chi connectivity index (χ1v) is 15.7. The van der Waals surface area contributed by atoms with E-state index in [2.05, 4.69) is 30.6 Å². The number of hydrogen-bond acceptors (Lipinski definition) is 9. The lowest BCUT2D eigenvalue weighted by molar-refractivity contribution is -0.114. The van der Waals surface area contributed by atoms with Gasteiger partial charge in [-0.3, -0.25) is 19.2 Å². The van der Waals surface area contributed by atoms with Crippen LogP contribution >= 0.6 is 23.5 Å². The number of carbonyl (C=O) groups excluding carboxylic acids is 2. The summed E-state index contributed by atoms with van der Waals surface area (Å²) in [7, 11) is 0. The Morgan fingerprint density at radius 2 is 1.26 bits per heavy atom. The normalized spacial score (nSPS) is 10.7. The minimum Gasteiger partial charge on any atom is -0.457 e. The second kappa shape index (κ2) is 15.8. The van der Waals surface area contributed by atoms with Gasteiger partial charge in [0.05, 0.1) is 11.5 Å². The number of ether oxygens (including phenoxy) is 1. The van der Waals surface area contributed by atoms with E-state index in [0.29, 0.717) is 57.4 Å². The maximum atomic E-state index is 12.5. The number of hydrogen-bond donors (Lipinski definition) is 4. The number of aromatic amines is 2. The molecule has 4 rings (SSSR count). The fraction of sp³-hybridized carbons (Fsp3) is 0.267. The van der Waals surface area contributed by atoms with Crippen LogP contribution in [0.3, 0.4) is 0 Å². The molecule has 0 saturated carbocycles. The number of thioether (sulfide) groups is 2. The predicted octanol–water partition coefficient (Wildman–Crippen LogP) is 5.01. The average Bonchev–Trinajstić information content (AvgIpc) is 2.96. The van der Waals surface area contributed by atoms with Crippen molar-refractivity contribution in [2.24, 2.45) is 0 Å².